The standard InChI is InChI=1S/C10H13NO2S/c1-13-10(12)8-6-14-5-7(8)9-3-2-4-11-9/h5-6,9,11H,2-4H2,1H3/t9-/m1/s1. The molecule has 0 radical (unpaired) electrons. The van der Waals surface area contributed by atoms with Gasteiger partial charge in [-0.3, -0.25) is 0 Å². The SMILES string of the molecule is COC(=O)c1cscc1[C@H]1CCCN1. The molecule has 1 aromatic rings. The number of carbonyl (C=O) groups excluding carboxylic acids is 1. The third kappa shape index (κ3) is 1.67. The van der Waals surface area contributed by atoms with E-state index in [-0.39, 0.29) is 5.97 Å². The normalized spacial score (nSPS) is 21.1. The van der Waals surface area contributed by atoms with Crippen LogP contribution in [0, 0.1) is 0 Å². The second-order valence-corrected chi connectivity index (χ2v) is 4.12. The summed E-state index contributed by atoms with van der Waals surface area (Å²) in [5.41, 5.74) is 1.82. The zero-order valence-corrected chi connectivity index (χ0v) is 8.89. The average molecular weight is 211 g/mol. The van der Waals surface area contributed by atoms with Crippen LogP contribution in [0.5, 0.6) is 0 Å². The highest BCUT2D eigenvalue weighted by Crippen LogP contribution is 2.29. The average Bonchev–Trinajstić information content (AvgIpc) is 2.85. The Morgan fingerprint density at radius 2 is 2.50 bits per heavy atom. The molecule has 0 unspecified atom stereocenters. The summed E-state index contributed by atoms with van der Waals surface area (Å²) < 4.78 is 4.73. The van der Waals surface area contributed by atoms with Gasteiger partial charge in [0.2, 0.25) is 0 Å². The molecule has 1 aliphatic heterocycles. The van der Waals surface area contributed by atoms with E-state index in [9.17, 15) is 4.79 Å². The van der Waals surface area contributed by atoms with E-state index >= 15 is 0 Å². The first-order valence-corrected chi connectivity index (χ1v) is 5.65. The van der Waals surface area contributed by atoms with E-state index in [1.54, 1.807) is 11.3 Å². The van der Waals surface area contributed by atoms with Gasteiger partial charge in [0.1, 0.15) is 0 Å². The van der Waals surface area contributed by atoms with Gasteiger partial charge in [-0.25, -0.2) is 4.79 Å². The molecule has 0 aromatic carbocycles. The molecule has 1 aliphatic rings. The lowest BCUT2D eigenvalue weighted by Crippen LogP contribution is -2.15. The molecular weight excluding hydrogens is 198 g/mol. The predicted molar refractivity (Wildman–Crippen MR) is 55.6 cm³/mol. The second kappa shape index (κ2) is 4.11. The Morgan fingerprint density at radius 1 is 1.64 bits per heavy atom. The van der Waals surface area contributed by atoms with Crippen molar-refractivity contribution in [3.8, 4) is 0 Å². The molecule has 1 N–H and O–H groups in total. The highest BCUT2D eigenvalue weighted by molar-refractivity contribution is 7.08. The van der Waals surface area contributed by atoms with Gasteiger partial charge in [0.25, 0.3) is 0 Å². The van der Waals surface area contributed by atoms with Crippen LogP contribution < -0.4 is 5.32 Å². The number of nitrogens with one attached hydrogen (secondary N) is 1. The summed E-state index contributed by atoms with van der Waals surface area (Å²) in [5, 5.41) is 7.28. The zero-order valence-electron chi connectivity index (χ0n) is 8.08. The monoisotopic (exact) mass is 211 g/mol. The Bertz CT molecular complexity index is 329. The first kappa shape index (κ1) is 9.68. The summed E-state index contributed by atoms with van der Waals surface area (Å²) in [7, 11) is 1.42. The van der Waals surface area contributed by atoms with Gasteiger partial charge in [-0.2, -0.15) is 11.3 Å². The molecule has 0 aliphatic carbocycles. The minimum Gasteiger partial charge on any atom is -0.465 e. The predicted octanol–water partition coefficient (Wildman–Crippen LogP) is 1.96. The van der Waals surface area contributed by atoms with Crippen molar-refractivity contribution < 1.29 is 9.53 Å². The van der Waals surface area contributed by atoms with E-state index in [4.69, 9.17) is 4.74 Å². The van der Waals surface area contributed by atoms with Crippen LogP contribution in [0.25, 0.3) is 0 Å². The number of carbonyl (C=O) groups is 1. The number of hydrogen-bond donors (Lipinski definition) is 1. The summed E-state index contributed by atoms with van der Waals surface area (Å²) in [4.78, 5) is 11.4. The molecule has 76 valence electrons. The molecule has 3 nitrogen and oxygen atoms in total. The number of ether oxygens (including phenoxy) is 1. The van der Waals surface area contributed by atoms with Crippen molar-refractivity contribution in [2.24, 2.45) is 0 Å². The Morgan fingerprint density at radius 3 is 3.14 bits per heavy atom. The van der Waals surface area contributed by atoms with E-state index in [1.807, 2.05) is 10.8 Å². The lowest BCUT2D eigenvalue weighted by Gasteiger charge is -2.09. The fourth-order valence-corrected chi connectivity index (χ4v) is 2.68. The van der Waals surface area contributed by atoms with Gasteiger partial charge >= 0.3 is 5.97 Å². The van der Waals surface area contributed by atoms with Crippen molar-refractivity contribution in [2.45, 2.75) is 18.9 Å². The van der Waals surface area contributed by atoms with Crippen LogP contribution in [0.4, 0.5) is 0 Å². The summed E-state index contributed by atoms with van der Waals surface area (Å²) in [6.45, 7) is 1.04. The zero-order chi connectivity index (χ0) is 9.97. The molecule has 2 heterocycles. The first-order chi connectivity index (χ1) is 6.83. The van der Waals surface area contributed by atoms with Crippen molar-refractivity contribution >= 4 is 17.3 Å². The highest BCUT2D eigenvalue weighted by Gasteiger charge is 2.23. The first-order valence-electron chi connectivity index (χ1n) is 4.70. The van der Waals surface area contributed by atoms with E-state index in [0.29, 0.717) is 6.04 Å². The van der Waals surface area contributed by atoms with Gasteiger partial charge in [-0.15, -0.1) is 0 Å². The highest BCUT2D eigenvalue weighted by atomic mass is 32.1. The van der Waals surface area contributed by atoms with Crippen LogP contribution in [0.2, 0.25) is 0 Å². The third-order valence-electron chi connectivity index (χ3n) is 2.53. The van der Waals surface area contributed by atoms with Gasteiger partial charge in [-0.1, -0.05) is 0 Å². The van der Waals surface area contributed by atoms with Crippen molar-refractivity contribution in [3.05, 3.63) is 21.9 Å². The maximum Gasteiger partial charge on any atom is 0.339 e. The summed E-state index contributed by atoms with van der Waals surface area (Å²) in [6, 6.07) is 0.343. The summed E-state index contributed by atoms with van der Waals surface area (Å²) in [6.07, 6.45) is 2.29. The number of methoxy groups -OCH3 is 1. The van der Waals surface area contributed by atoms with Crippen molar-refractivity contribution in [3.63, 3.8) is 0 Å². The van der Waals surface area contributed by atoms with E-state index in [0.717, 1.165) is 24.1 Å². The quantitative estimate of drug-likeness (QED) is 0.760. The maximum atomic E-state index is 11.4. The minimum atomic E-state index is -0.227. The largest absolute Gasteiger partial charge is 0.465 e. The number of hydrogen-bond acceptors (Lipinski definition) is 4. The van der Waals surface area contributed by atoms with Crippen LogP contribution in [0.1, 0.15) is 34.8 Å². The van der Waals surface area contributed by atoms with E-state index in [2.05, 4.69) is 5.32 Å². The van der Waals surface area contributed by atoms with Gasteiger partial charge in [-0.05, 0) is 30.3 Å². The molecule has 2 rings (SSSR count). The van der Waals surface area contributed by atoms with Crippen LogP contribution in [-0.2, 0) is 4.74 Å². The van der Waals surface area contributed by atoms with Crippen LogP contribution >= 0.6 is 11.3 Å². The Balaban J connectivity index is 2.24. The minimum absolute atomic E-state index is 0.227. The smallest absolute Gasteiger partial charge is 0.339 e. The molecule has 1 atom stereocenters. The topological polar surface area (TPSA) is 38.3 Å². The van der Waals surface area contributed by atoms with Gasteiger partial charge in [0.15, 0.2) is 0 Å². The summed E-state index contributed by atoms with van der Waals surface area (Å²) in [5.74, 6) is -0.227. The molecule has 1 fully saturated rings. The molecule has 14 heavy (non-hydrogen) atoms. The Labute approximate surface area is 87.1 Å². The molecule has 1 saturated heterocycles. The number of esters is 1. The van der Waals surface area contributed by atoms with Gasteiger partial charge in [0.05, 0.1) is 12.7 Å². The molecule has 0 bridgehead atoms. The fraction of sp³-hybridized carbons (Fsp3) is 0.500. The van der Waals surface area contributed by atoms with E-state index in [1.165, 1.54) is 13.5 Å². The third-order valence-corrected chi connectivity index (χ3v) is 3.29. The molecule has 4 heteroatoms. The molecule has 1 aromatic heterocycles. The second-order valence-electron chi connectivity index (χ2n) is 3.38. The van der Waals surface area contributed by atoms with Gasteiger partial charge < -0.3 is 10.1 Å². The maximum absolute atomic E-state index is 11.4. The summed E-state index contributed by atoms with van der Waals surface area (Å²) >= 11 is 1.56. The molecule has 0 saturated carbocycles. The Hall–Kier alpha value is -0.870. The number of rotatable bonds is 2. The van der Waals surface area contributed by atoms with Crippen molar-refractivity contribution in [1.82, 2.24) is 5.32 Å². The van der Waals surface area contributed by atoms with Crippen LogP contribution in [0.3, 0.4) is 0 Å². The lowest BCUT2D eigenvalue weighted by atomic mass is 10.0. The fourth-order valence-electron chi connectivity index (χ4n) is 1.80. The van der Waals surface area contributed by atoms with E-state index < -0.39 is 0 Å². The van der Waals surface area contributed by atoms with Crippen LogP contribution in [-0.4, -0.2) is 19.6 Å². The Kier molecular flexibility index (Phi) is 2.84. The number of thiophene rings is 1. The molecule has 0 amide bonds. The van der Waals surface area contributed by atoms with Crippen molar-refractivity contribution in [2.75, 3.05) is 13.7 Å². The molecule has 0 spiro atoms. The van der Waals surface area contributed by atoms with Crippen LogP contribution in [0.15, 0.2) is 10.8 Å². The lowest BCUT2D eigenvalue weighted by molar-refractivity contribution is 0.0599. The van der Waals surface area contributed by atoms with Gasteiger partial charge in [0, 0.05) is 11.4 Å². The van der Waals surface area contributed by atoms with Crippen molar-refractivity contribution in [1.29, 1.82) is 0 Å². The molecular formula is C10H13NO2S.